The Morgan fingerprint density at radius 3 is 2.37 bits per heavy atom. The van der Waals surface area contributed by atoms with Crippen molar-refractivity contribution in [2.24, 2.45) is 0 Å². The lowest BCUT2D eigenvalue weighted by molar-refractivity contribution is 0.0951. The minimum atomic E-state index is -0.0311. The Hall–Kier alpha value is -1.81. The van der Waals surface area contributed by atoms with Crippen LogP contribution in [0.4, 0.5) is 5.69 Å². The molecule has 0 aliphatic rings. The van der Waals surface area contributed by atoms with E-state index in [1.54, 1.807) is 11.3 Å². The number of rotatable bonds is 4. The number of carbonyl (C=O) groups is 1. The Kier molecular flexibility index (Phi) is 4.22. The lowest BCUT2D eigenvalue weighted by Crippen LogP contribution is -2.22. The maximum Gasteiger partial charge on any atom is 0.251 e. The molecule has 0 aliphatic carbocycles. The molecule has 0 unspecified atom stereocenters. The van der Waals surface area contributed by atoms with Gasteiger partial charge in [0.15, 0.2) is 0 Å². The van der Waals surface area contributed by atoms with Gasteiger partial charge in [-0.05, 0) is 43.3 Å². The monoisotopic (exact) mass is 274 g/mol. The standard InChI is InChI=1S/C15H18N2OS/c1-11-4-9-14(19-11)10-16-15(18)12-5-7-13(8-6-12)17(2)3/h4-9H,10H2,1-3H3,(H,16,18). The minimum Gasteiger partial charge on any atom is -0.378 e. The summed E-state index contributed by atoms with van der Waals surface area (Å²) in [6, 6.07) is 11.7. The summed E-state index contributed by atoms with van der Waals surface area (Å²) in [5.41, 5.74) is 1.78. The third-order valence-electron chi connectivity index (χ3n) is 2.87. The van der Waals surface area contributed by atoms with Crippen LogP contribution >= 0.6 is 11.3 Å². The van der Waals surface area contributed by atoms with Crippen LogP contribution in [-0.4, -0.2) is 20.0 Å². The fourth-order valence-corrected chi connectivity index (χ4v) is 2.59. The molecule has 1 aromatic carbocycles. The minimum absolute atomic E-state index is 0.0311. The molecule has 0 saturated carbocycles. The summed E-state index contributed by atoms with van der Waals surface area (Å²) in [4.78, 5) is 16.4. The number of hydrogen-bond donors (Lipinski definition) is 1. The van der Waals surface area contributed by atoms with E-state index in [0.717, 1.165) is 5.69 Å². The van der Waals surface area contributed by atoms with Gasteiger partial charge in [-0.3, -0.25) is 4.79 Å². The van der Waals surface area contributed by atoms with Crippen LogP contribution in [0.2, 0.25) is 0 Å². The van der Waals surface area contributed by atoms with Crippen molar-refractivity contribution in [2.75, 3.05) is 19.0 Å². The van der Waals surface area contributed by atoms with Gasteiger partial charge >= 0.3 is 0 Å². The predicted octanol–water partition coefficient (Wildman–Crippen LogP) is 3.05. The number of hydrogen-bond acceptors (Lipinski definition) is 3. The average molecular weight is 274 g/mol. The van der Waals surface area contributed by atoms with E-state index in [1.807, 2.05) is 43.3 Å². The van der Waals surface area contributed by atoms with Gasteiger partial charge in [0.1, 0.15) is 0 Å². The highest BCUT2D eigenvalue weighted by atomic mass is 32.1. The van der Waals surface area contributed by atoms with Crippen LogP contribution in [0.5, 0.6) is 0 Å². The van der Waals surface area contributed by atoms with Gasteiger partial charge in [0, 0.05) is 35.1 Å². The molecule has 1 heterocycles. The molecule has 0 saturated heterocycles. The number of benzene rings is 1. The molecule has 0 fully saturated rings. The van der Waals surface area contributed by atoms with Gasteiger partial charge in [-0.1, -0.05) is 0 Å². The molecule has 0 bridgehead atoms. The summed E-state index contributed by atoms with van der Waals surface area (Å²) in [6.07, 6.45) is 0. The molecule has 1 N–H and O–H groups in total. The number of amides is 1. The van der Waals surface area contributed by atoms with Crippen LogP contribution in [0.25, 0.3) is 0 Å². The molecular formula is C15H18N2OS. The average Bonchev–Trinajstić information content (AvgIpc) is 2.82. The number of aryl methyl sites for hydroxylation is 1. The van der Waals surface area contributed by atoms with E-state index in [9.17, 15) is 4.79 Å². The molecule has 100 valence electrons. The van der Waals surface area contributed by atoms with E-state index in [0.29, 0.717) is 12.1 Å². The van der Waals surface area contributed by atoms with E-state index in [1.165, 1.54) is 9.75 Å². The molecule has 1 amide bonds. The SMILES string of the molecule is Cc1ccc(CNC(=O)c2ccc(N(C)C)cc2)s1. The third kappa shape index (κ3) is 3.58. The van der Waals surface area contributed by atoms with Crippen LogP contribution in [-0.2, 0) is 6.54 Å². The van der Waals surface area contributed by atoms with Crippen molar-refractivity contribution in [2.45, 2.75) is 13.5 Å². The highest BCUT2D eigenvalue weighted by molar-refractivity contribution is 7.11. The van der Waals surface area contributed by atoms with E-state index in [4.69, 9.17) is 0 Å². The Labute approximate surface area is 117 Å². The largest absolute Gasteiger partial charge is 0.378 e. The fourth-order valence-electron chi connectivity index (χ4n) is 1.76. The number of carbonyl (C=O) groups excluding carboxylic acids is 1. The zero-order valence-corrected chi connectivity index (χ0v) is 12.3. The summed E-state index contributed by atoms with van der Waals surface area (Å²) < 4.78 is 0. The van der Waals surface area contributed by atoms with Crippen molar-refractivity contribution >= 4 is 22.9 Å². The molecule has 19 heavy (non-hydrogen) atoms. The molecule has 4 heteroatoms. The zero-order chi connectivity index (χ0) is 13.8. The van der Waals surface area contributed by atoms with Crippen molar-refractivity contribution < 1.29 is 4.79 Å². The van der Waals surface area contributed by atoms with Gasteiger partial charge in [-0.2, -0.15) is 0 Å². The maximum atomic E-state index is 12.0. The van der Waals surface area contributed by atoms with E-state index >= 15 is 0 Å². The summed E-state index contributed by atoms with van der Waals surface area (Å²) in [6.45, 7) is 2.66. The van der Waals surface area contributed by atoms with Crippen LogP contribution < -0.4 is 10.2 Å². The summed E-state index contributed by atoms with van der Waals surface area (Å²) in [5, 5.41) is 2.94. The highest BCUT2D eigenvalue weighted by Crippen LogP contribution is 2.15. The first-order valence-electron chi connectivity index (χ1n) is 6.17. The maximum absolute atomic E-state index is 12.0. The second-order valence-electron chi connectivity index (χ2n) is 4.64. The van der Waals surface area contributed by atoms with Crippen molar-refractivity contribution in [3.05, 3.63) is 51.7 Å². The van der Waals surface area contributed by atoms with Crippen LogP contribution in [0.15, 0.2) is 36.4 Å². The second kappa shape index (κ2) is 5.89. The van der Waals surface area contributed by atoms with E-state index in [2.05, 4.69) is 24.4 Å². The van der Waals surface area contributed by atoms with Gasteiger partial charge < -0.3 is 10.2 Å². The highest BCUT2D eigenvalue weighted by Gasteiger charge is 2.06. The van der Waals surface area contributed by atoms with Crippen molar-refractivity contribution in [3.63, 3.8) is 0 Å². The van der Waals surface area contributed by atoms with Crippen molar-refractivity contribution in [3.8, 4) is 0 Å². The topological polar surface area (TPSA) is 32.3 Å². The van der Waals surface area contributed by atoms with Gasteiger partial charge in [0.25, 0.3) is 5.91 Å². The van der Waals surface area contributed by atoms with Gasteiger partial charge in [0.2, 0.25) is 0 Å². The lowest BCUT2D eigenvalue weighted by Gasteiger charge is -2.12. The second-order valence-corrected chi connectivity index (χ2v) is 6.01. The van der Waals surface area contributed by atoms with Crippen molar-refractivity contribution in [1.82, 2.24) is 5.32 Å². The quantitative estimate of drug-likeness (QED) is 0.929. The molecule has 3 nitrogen and oxygen atoms in total. The number of nitrogens with zero attached hydrogens (tertiary/aromatic N) is 1. The van der Waals surface area contributed by atoms with Gasteiger partial charge in [0.05, 0.1) is 6.54 Å². The Morgan fingerprint density at radius 2 is 1.84 bits per heavy atom. The van der Waals surface area contributed by atoms with Crippen molar-refractivity contribution in [1.29, 1.82) is 0 Å². The molecule has 2 rings (SSSR count). The van der Waals surface area contributed by atoms with E-state index < -0.39 is 0 Å². The summed E-state index contributed by atoms with van der Waals surface area (Å²) >= 11 is 1.71. The smallest absolute Gasteiger partial charge is 0.251 e. The fraction of sp³-hybridized carbons (Fsp3) is 0.267. The van der Waals surface area contributed by atoms with Crippen LogP contribution in [0, 0.1) is 6.92 Å². The summed E-state index contributed by atoms with van der Waals surface area (Å²) in [5.74, 6) is -0.0311. The molecule has 0 atom stereocenters. The molecule has 2 aromatic rings. The Bertz CT molecular complexity index is 558. The van der Waals surface area contributed by atoms with Gasteiger partial charge in [-0.25, -0.2) is 0 Å². The molecule has 0 aliphatic heterocycles. The first-order valence-corrected chi connectivity index (χ1v) is 6.99. The van der Waals surface area contributed by atoms with Crippen LogP contribution in [0.3, 0.4) is 0 Å². The molecule has 1 aromatic heterocycles. The normalized spacial score (nSPS) is 10.3. The number of anilines is 1. The zero-order valence-electron chi connectivity index (χ0n) is 11.4. The molecular weight excluding hydrogens is 256 g/mol. The first-order chi connectivity index (χ1) is 9.06. The molecule has 0 spiro atoms. The third-order valence-corrected chi connectivity index (χ3v) is 3.87. The first kappa shape index (κ1) is 13.6. The predicted molar refractivity (Wildman–Crippen MR) is 81.0 cm³/mol. The van der Waals surface area contributed by atoms with Gasteiger partial charge in [-0.15, -0.1) is 11.3 Å². The van der Waals surface area contributed by atoms with E-state index in [-0.39, 0.29) is 5.91 Å². The molecule has 0 radical (unpaired) electrons. The van der Waals surface area contributed by atoms with Crippen LogP contribution in [0.1, 0.15) is 20.1 Å². The lowest BCUT2D eigenvalue weighted by atomic mass is 10.2. The Morgan fingerprint density at radius 1 is 1.16 bits per heavy atom. The Balaban J connectivity index is 1.96. The number of nitrogens with one attached hydrogen (secondary N) is 1. The number of thiophene rings is 1. The summed E-state index contributed by atoms with van der Waals surface area (Å²) in [7, 11) is 3.96.